The first kappa shape index (κ1) is 22.5. The Kier molecular flexibility index (Phi) is 7.08. The van der Waals surface area contributed by atoms with Gasteiger partial charge in [-0.3, -0.25) is 14.9 Å². The molecule has 10 nitrogen and oxygen atoms in total. The Labute approximate surface area is 180 Å². The third kappa shape index (κ3) is 5.30. The summed E-state index contributed by atoms with van der Waals surface area (Å²) in [6.07, 6.45) is 0. The number of nitro benzene ring substituents is 1. The molecule has 2 aromatic rings. The minimum Gasteiger partial charge on any atom is -0.495 e. The van der Waals surface area contributed by atoms with Crippen LogP contribution in [-0.4, -0.2) is 69.1 Å². The normalized spacial score (nSPS) is 14.8. The number of ether oxygens (including phenoxy) is 1. The molecule has 0 atom stereocenters. The lowest BCUT2D eigenvalue weighted by atomic mass is 10.1. The number of benzene rings is 2. The summed E-state index contributed by atoms with van der Waals surface area (Å²) < 4.78 is 32.1. The Morgan fingerprint density at radius 1 is 1.10 bits per heavy atom. The number of amides is 1. The van der Waals surface area contributed by atoms with Crippen molar-refractivity contribution in [1.82, 2.24) is 9.62 Å². The molecule has 0 spiro atoms. The van der Waals surface area contributed by atoms with E-state index in [0.29, 0.717) is 26.2 Å². The Hall–Kier alpha value is -3.18. The molecule has 2 aromatic carbocycles. The van der Waals surface area contributed by atoms with Crippen molar-refractivity contribution in [3.05, 3.63) is 64.2 Å². The summed E-state index contributed by atoms with van der Waals surface area (Å²) in [5.74, 6) is -0.228. The van der Waals surface area contributed by atoms with Crippen LogP contribution in [0.1, 0.15) is 10.4 Å². The largest absolute Gasteiger partial charge is 0.495 e. The van der Waals surface area contributed by atoms with Crippen molar-refractivity contribution in [3.63, 3.8) is 0 Å². The zero-order chi connectivity index (χ0) is 22.4. The third-order valence-electron chi connectivity index (χ3n) is 5.05. The summed E-state index contributed by atoms with van der Waals surface area (Å²) in [6.45, 7) is 1.53. The zero-order valence-electron chi connectivity index (χ0n) is 17.1. The van der Waals surface area contributed by atoms with Gasteiger partial charge in [-0.2, -0.15) is 4.31 Å². The lowest BCUT2D eigenvalue weighted by molar-refractivity contribution is -0.385. The van der Waals surface area contributed by atoms with Gasteiger partial charge in [0, 0.05) is 38.8 Å². The fourth-order valence-electron chi connectivity index (χ4n) is 3.44. The van der Waals surface area contributed by atoms with Crippen LogP contribution in [0.3, 0.4) is 0 Å². The second kappa shape index (κ2) is 9.75. The van der Waals surface area contributed by atoms with Gasteiger partial charge in [-0.05, 0) is 18.2 Å². The van der Waals surface area contributed by atoms with Crippen LogP contribution in [0, 0.1) is 10.1 Å². The molecule has 1 saturated heterocycles. The highest BCUT2D eigenvalue weighted by atomic mass is 32.2. The number of carbonyl (C=O) groups excluding carboxylic acids is 1. The Morgan fingerprint density at radius 2 is 1.74 bits per heavy atom. The molecule has 1 fully saturated rings. The fourth-order valence-corrected chi connectivity index (χ4v) is 4.78. The summed E-state index contributed by atoms with van der Waals surface area (Å²) in [5, 5.41) is 13.5. The van der Waals surface area contributed by atoms with Crippen molar-refractivity contribution in [3.8, 4) is 5.75 Å². The minimum atomic E-state index is -3.58. The van der Waals surface area contributed by atoms with E-state index in [-0.39, 0.29) is 23.5 Å². The van der Waals surface area contributed by atoms with Crippen LogP contribution < -0.4 is 15.0 Å². The van der Waals surface area contributed by atoms with Gasteiger partial charge in [-0.1, -0.05) is 24.3 Å². The summed E-state index contributed by atoms with van der Waals surface area (Å²) in [5.41, 5.74) is 0.490. The molecular formula is C20H24N4O6S. The fraction of sp³-hybridized carbons (Fsp3) is 0.350. The van der Waals surface area contributed by atoms with Crippen LogP contribution in [0.15, 0.2) is 48.5 Å². The molecule has 0 aromatic heterocycles. The molecule has 11 heteroatoms. The van der Waals surface area contributed by atoms with Crippen molar-refractivity contribution in [2.75, 3.05) is 50.5 Å². The van der Waals surface area contributed by atoms with E-state index in [1.165, 1.54) is 28.6 Å². The lowest BCUT2D eigenvalue weighted by Crippen LogP contribution is -2.50. The van der Waals surface area contributed by atoms with E-state index in [4.69, 9.17) is 4.74 Å². The number of anilines is 1. The van der Waals surface area contributed by atoms with Gasteiger partial charge in [-0.15, -0.1) is 0 Å². The molecule has 0 radical (unpaired) electrons. The van der Waals surface area contributed by atoms with Crippen molar-refractivity contribution in [2.45, 2.75) is 0 Å². The van der Waals surface area contributed by atoms with E-state index in [1.54, 1.807) is 7.11 Å². The number of para-hydroxylation sites is 3. The van der Waals surface area contributed by atoms with E-state index in [0.717, 1.165) is 11.4 Å². The van der Waals surface area contributed by atoms with Crippen molar-refractivity contribution >= 4 is 27.3 Å². The molecular weight excluding hydrogens is 424 g/mol. The number of nitrogens with zero attached hydrogens (tertiary/aromatic N) is 3. The average molecular weight is 449 g/mol. The highest BCUT2D eigenvalue weighted by Crippen LogP contribution is 2.28. The van der Waals surface area contributed by atoms with Crippen LogP contribution in [0.4, 0.5) is 11.4 Å². The molecule has 1 aliphatic rings. The van der Waals surface area contributed by atoms with E-state index in [9.17, 15) is 23.3 Å². The molecule has 1 aliphatic heterocycles. The van der Waals surface area contributed by atoms with Gasteiger partial charge < -0.3 is 15.0 Å². The highest BCUT2D eigenvalue weighted by molar-refractivity contribution is 7.89. The maximum atomic E-state index is 12.7. The van der Waals surface area contributed by atoms with Crippen LogP contribution in [0.2, 0.25) is 0 Å². The van der Waals surface area contributed by atoms with E-state index in [2.05, 4.69) is 10.2 Å². The van der Waals surface area contributed by atoms with Gasteiger partial charge in [0.05, 0.1) is 23.5 Å². The molecule has 0 saturated carbocycles. The molecule has 0 unspecified atom stereocenters. The van der Waals surface area contributed by atoms with Gasteiger partial charge in [0.2, 0.25) is 10.0 Å². The lowest BCUT2D eigenvalue weighted by Gasteiger charge is -2.35. The van der Waals surface area contributed by atoms with Gasteiger partial charge in [0.1, 0.15) is 11.3 Å². The second-order valence-corrected chi connectivity index (χ2v) is 8.99. The first-order chi connectivity index (χ1) is 14.8. The Morgan fingerprint density at radius 3 is 2.42 bits per heavy atom. The molecule has 1 heterocycles. The summed E-state index contributed by atoms with van der Waals surface area (Å²) >= 11 is 0. The van der Waals surface area contributed by atoms with Gasteiger partial charge >= 0.3 is 0 Å². The number of methoxy groups -OCH3 is 1. The van der Waals surface area contributed by atoms with Gasteiger partial charge in [0.25, 0.3) is 11.6 Å². The monoisotopic (exact) mass is 448 g/mol. The summed E-state index contributed by atoms with van der Waals surface area (Å²) in [7, 11) is -1.99. The maximum absolute atomic E-state index is 12.7. The van der Waals surface area contributed by atoms with Crippen LogP contribution >= 0.6 is 0 Å². The average Bonchev–Trinajstić information content (AvgIpc) is 2.79. The summed E-state index contributed by atoms with van der Waals surface area (Å²) in [6, 6.07) is 13.1. The first-order valence-electron chi connectivity index (χ1n) is 9.71. The van der Waals surface area contributed by atoms with E-state index >= 15 is 0 Å². The third-order valence-corrected chi connectivity index (χ3v) is 6.92. The number of nitro groups is 1. The molecule has 31 heavy (non-hydrogen) atoms. The highest BCUT2D eigenvalue weighted by Gasteiger charge is 2.28. The second-order valence-electron chi connectivity index (χ2n) is 6.90. The van der Waals surface area contributed by atoms with Crippen molar-refractivity contribution in [2.24, 2.45) is 0 Å². The quantitative estimate of drug-likeness (QED) is 0.479. The van der Waals surface area contributed by atoms with Gasteiger partial charge in [-0.25, -0.2) is 8.42 Å². The van der Waals surface area contributed by atoms with Crippen molar-refractivity contribution < 1.29 is 22.9 Å². The molecule has 166 valence electrons. The topological polar surface area (TPSA) is 122 Å². The molecule has 1 N–H and O–H groups in total. The number of piperazine rings is 1. The van der Waals surface area contributed by atoms with Crippen molar-refractivity contribution in [1.29, 1.82) is 0 Å². The molecule has 0 aliphatic carbocycles. The molecule has 0 bridgehead atoms. The number of hydrogen-bond donors (Lipinski definition) is 1. The smallest absolute Gasteiger partial charge is 0.282 e. The van der Waals surface area contributed by atoms with Crippen LogP contribution in [-0.2, 0) is 10.0 Å². The Balaban J connectivity index is 1.54. The predicted octanol–water partition coefficient (Wildman–Crippen LogP) is 1.49. The van der Waals surface area contributed by atoms with Crippen LogP contribution in [0.25, 0.3) is 0 Å². The maximum Gasteiger partial charge on any atom is 0.282 e. The van der Waals surface area contributed by atoms with Gasteiger partial charge in [0.15, 0.2) is 0 Å². The Bertz CT molecular complexity index is 1050. The van der Waals surface area contributed by atoms with E-state index < -0.39 is 20.9 Å². The number of carbonyl (C=O) groups is 1. The zero-order valence-corrected chi connectivity index (χ0v) is 17.9. The SMILES string of the molecule is COc1ccccc1N1CCN(S(=O)(=O)CCNC(=O)c2ccccc2[N+](=O)[O-])CC1. The molecule has 1 amide bonds. The first-order valence-corrected chi connectivity index (χ1v) is 11.3. The minimum absolute atomic E-state index is 0.102. The standard InChI is InChI=1S/C20H24N4O6S/c1-30-19-9-5-4-8-18(19)22-11-13-23(14-12-22)31(28,29)15-10-21-20(25)16-6-2-3-7-17(16)24(26)27/h2-9H,10-15H2,1H3,(H,21,25). The predicted molar refractivity (Wildman–Crippen MR) is 116 cm³/mol. The summed E-state index contributed by atoms with van der Waals surface area (Å²) in [4.78, 5) is 24.7. The number of nitrogens with one attached hydrogen (secondary N) is 1. The number of sulfonamides is 1. The number of hydrogen-bond acceptors (Lipinski definition) is 7. The van der Waals surface area contributed by atoms with E-state index in [1.807, 2.05) is 24.3 Å². The number of rotatable bonds is 8. The van der Waals surface area contributed by atoms with Crippen LogP contribution in [0.5, 0.6) is 5.75 Å². The molecule has 3 rings (SSSR count).